The van der Waals surface area contributed by atoms with Gasteiger partial charge in [-0.1, -0.05) is 13.8 Å². The first kappa shape index (κ1) is 22.7. The quantitative estimate of drug-likeness (QED) is 0.575. The van der Waals surface area contributed by atoms with Gasteiger partial charge in [0.1, 0.15) is 18.3 Å². The molecule has 0 aliphatic carbocycles. The van der Waals surface area contributed by atoms with Crippen molar-refractivity contribution >= 4 is 29.3 Å². The lowest BCUT2D eigenvalue weighted by Gasteiger charge is -2.20. The zero-order chi connectivity index (χ0) is 22.1. The van der Waals surface area contributed by atoms with Gasteiger partial charge in [-0.15, -0.1) is 0 Å². The third kappa shape index (κ3) is 6.80. The number of hydrogen-bond acceptors (Lipinski definition) is 6. The van der Waals surface area contributed by atoms with Gasteiger partial charge in [-0.3, -0.25) is 14.3 Å². The van der Waals surface area contributed by atoms with Crippen LogP contribution < -0.4 is 20.7 Å². The Morgan fingerprint density at radius 1 is 1.10 bits per heavy atom. The van der Waals surface area contributed by atoms with E-state index in [0.29, 0.717) is 17.1 Å². The Balaban J connectivity index is 1.91. The largest absolute Gasteiger partial charge is 0.497 e. The number of ether oxygens (including phenoxy) is 2. The lowest BCUT2D eigenvalue weighted by molar-refractivity contribution is -0.119. The monoisotopic (exact) mass is 417 g/mol. The van der Waals surface area contributed by atoms with E-state index >= 15 is 0 Å². The molecule has 10 heteroatoms. The van der Waals surface area contributed by atoms with Crippen LogP contribution in [0.4, 0.5) is 16.2 Å². The fraction of sp³-hybridized carbons (Fsp3) is 0.400. The molecule has 1 atom stereocenters. The summed E-state index contributed by atoms with van der Waals surface area (Å²) in [5, 5.41) is 12.1. The SMILES string of the molecule is CCOC(=O)NC(C(=O)Nc1cnn(CC(=O)Nc2ccc(OC)cc2)c1)C(C)C. The van der Waals surface area contributed by atoms with E-state index in [1.54, 1.807) is 38.3 Å². The van der Waals surface area contributed by atoms with Gasteiger partial charge in [0.05, 0.1) is 25.6 Å². The van der Waals surface area contributed by atoms with E-state index in [4.69, 9.17) is 9.47 Å². The third-order valence-corrected chi connectivity index (χ3v) is 4.08. The molecule has 0 bridgehead atoms. The number of nitrogens with zero attached hydrogens (tertiary/aromatic N) is 2. The second-order valence-electron chi connectivity index (χ2n) is 6.78. The molecule has 162 valence electrons. The van der Waals surface area contributed by atoms with Crippen molar-refractivity contribution in [3.8, 4) is 5.75 Å². The number of alkyl carbamates (subject to hydrolysis) is 1. The number of carbonyl (C=O) groups excluding carboxylic acids is 3. The van der Waals surface area contributed by atoms with E-state index in [1.165, 1.54) is 17.1 Å². The highest BCUT2D eigenvalue weighted by Crippen LogP contribution is 2.15. The van der Waals surface area contributed by atoms with Crippen LogP contribution in [-0.4, -0.2) is 47.4 Å². The first-order valence-corrected chi connectivity index (χ1v) is 9.52. The van der Waals surface area contributed by atoms with Crippen molar-refractivity contribution in [2.24, 2.45) is 5.92 Å². The normalized spacial score (nSPS) is 11.5. The van der Waals surface area contributed by atoms with Gasteiger partial charge < -0.3 is 25.4 Å². The molecule has 3 amide bonds. The lowest BCUT2D eigenvalue weighted by Crippen LogP contribution is -2.47. The van der Waals surface area contributed by atoms with E-state index in [0.717, 1.165) is 0 Å². The molecule has 10 nitrogen and oxygen atoms in total. The molecule has 0 saturated carbocycles. The van der Waals surface area contributed by atoms with Crippen molar-refractivity contribution in [3.63, 3.8) is 0 Å². The van der Waals surface area contributed by atoms with Crippen molar-refractivity contribution < 1.29 is 23.9 Å². The number of benzene rings is 1. The molecule has 1 aromatic carbocycles. The molecule has 1 aromatic heterocycles. The number of rotatable bonds is 9. The van der Waals surface area contributed by atoms with E-state index in [9.17, 15) is 14.4 Å². The highest BCUT2D eigenvalue weighted by Gasteiger charge is 2.25. The van der Waals surface area contributed by atoms with Crippen LogP contribution in [0.2, 0.25) is 0 Å². The molecule has 1 heterocycles. The zero-order valence-corrected chi connectivity index (χ0v) is 17.5. The fourth-order valence-corrected chi connectivity index (χ4v) is 2.59. The van der Waals surface area contributed by atoms with Gasteiger partial charge >= 0.3 is 6.09 Å². The zero-order valence-electron chi connectivity index (χ0n) is 17.5. The predicted octanol–water partition coefficient (Wildman–Crippen LogP) is 2.24. The minimum Gasteiger partial charge on any atom is -0.497 e. The summed E-state index contributed by atoms with van der Waals surface area (Å²) in [5.41, 5.74) is 1.04. The maximum absolute atomic E-state index is 12.5. The van der Waals surface area contributed by atoms with Crippen molar-refractivity contribution in [1.29, 1.82) is 0 Å². The standard InChI is InChI=1S/C20H27N5O5/c1-5-30-20(28)24-18(13(2)3)19(27)23-15-10-21-25(11-15)12-17(26)22-14-6-8-16(29-4)9-7-14/h6-11,13,18H,5,12H2,1-4H3,(H,22,26)(H,23,27)(H,24,28). The first-order valence-electron chi connectivity index (χ1n) is 9.52. The smallest absolute Gasteiger partial charge is 0.407 e. The van der Waals surface area contributed by atoms with E-state index in [2.05, 4.69) is 21.0 Å². The summed E-state index contributed by atoms with van der Waals surface area (Å²) in [6, 6.07) is 6.17. The van der Waals surface area contributed by atoms with E-state index in [1.807, 2.05) is 13.8 Å². The second kappa shape index (κ2) is 10.8. The molecular formula is C20H27N5O5. The molecule has 2 rings (SSSR count). The average molecular weight is 417 g/mol. The number of methoxy groups -OCH3 is 1. The second-order valence-corrected chi connectivity index (χ2v) is 6.78. The Kier molecular flexibility index (Phi) is 8.21. The topological polar surface area (TPSA) is 124 Å². The fourth-order valence-electron chi connectivity index (χ4n) is 2.59. The lowest BCUT2D eigenvalue weighted by atomic mass is 10.0. The van der Waals surface area contributed by atoms with Crippen molar-refractivity contribution in [2.75, 3.05) is 24.4 Å². The number of anilines is 2. The summed E-state index contributed by atoms with van der Waals surface area (Å²) >= 11 is 0. The molecule has 0 aliphatic rings. The number of amides is 3. The van der Waals surface area contributed by atoms with Crippen LogP contribution in [0.25, 0.3) is 0 Å². The first-order chi connectivity index (χ1) is 14.3. The molecule has 0 aliphatic heterocycles. The number of carbonyl (C=O) groups is 3. The summed E-state index contributed by atoms with van der Waals surface area (Å²) < 4.78 is 11.3. The van der Waals surface area contributed by atoms with Crippen LogP contribution in [0.15, 0.2) is 36.7 Å². The molecule has 30 heavy (non-hydrogen) atoms. The van der Waals surface area contributed by atoms with Crippen molar-refractivity contribution in [1.82, 2.24) is 15.1 Å². The Labute approximate surface area is 174 Å². The van der Waals surface area contributed by atoms with E-state index in [-0.39, 0.29) is 25.0 Å². The summed E-state index contributed by atoms with van der Waals surface area (Å²) in [5.74, 6) is -0.136. The Hall–Kier alpha value is -3.56. The Morgan fingerprint density at radius 3 is 2.40 bits per heavy atom. The van der Waals surface area contributed by atoms with Crippen molar-refractivity contribution in [3.05, 3.63) is 36.7 Å². The van der Waals surface area contributed by atoms with Crippen molar-refractivity contribution in [2.45, 2.75) is 33.4 Å². The van der Waals surface area contributed by atoms with E-state index < -0.39 is 18.0 Å². The van der Waals surface area contributed by atoms with Gasteiger partial charge in [0.15, 0.2) is 0 Å². The van der Waals surface area contributed by atoms with Gasteiger partial charge in [-0.2, -0.15) is 5.10 Å². The molecule has 0 radical (unpaired) electrons. The predicted molar refractivity (Wildman–Crippen MR) is 111 cm³/mol. The number of hydrogen-bond donors (Lipinski definition) is 3. The molecule has 3 N–H and O–H groups in total. The summed E-state index contributed by atoms with van der Waals surface area (Å²) in [6.07, 6.45) is 2.31. The van der Waals surface area contributed by atoms with Gasteiger partial charge in [0, 0.05) is 11.9 Å². The minimum absolute atomic E-state index is 0.0312. The summed E-state index contributed by atoms with van der Waals surface area (Å²) in [6.45, 7) is 5.48. The maximum atomic E-state index is 12.5. The van der Waals surface area contributed by atoms with Crippen LogP contribution in [-0.2, 0) is 20.9 Å². The maximum Gasteiger partial charge on any atom is 0.407 e. The minimum atomic E-state index is -0.772. The molecule has 2 aromatic rings. The summed E-state index contributed by atoms with van der Waals surface area (Å²) in [4.78, 5) is 36.4. The highest BCUT2D eigenvalue weighted by molar-refractivity contribution is 5.96. The Bertz CT molecular complexity index is 863. The molecule has 0 spiro atoms. The highest BCUT2D eigenvalue weighted by atomic mass is 16.5. The Morgan fingerprint density at radius 2 is 1.80 bits per heavy atom. The van der Waals surface area contributed by atoms with Crippen LogP contribution >= 0.6 is 0 Å². The molecule has 1 unspecified atom stereocenters. The molecule has 0 saturated heterocycles. The van der Waals surface area contributed by atoms with Gasteiger partial charge in [-0.25, -0.2) is 4.79 Å². The van der Waals surface area contributed by atoms with Crippen LogP contribution in [0.3, 0.4) is 0 Å². The number of aromatic nitrogens is 2. The summed E-state index contributed by atoms with van der Waals surface area (Å²) in [7, 11) is 1.57. The van der Waals surface area contributed by atoms with Crippen LogP contribution in [0, 0.1) is 5.92 Å². The number of nitrogens with one attached hydrogen (secondary N) is 3. The average Bonchev–Trinajstić information content (AvgIpc) is 3.13. The third-order valence-electron chi connectivity index (χ3n) is 4.08. The van der Waals surface area contributed by atoms with Crippen LogP contribution in [0.1, 0.15) is 20.8 Å². The van der Waals surface area contributed by atoms with Crippen LogP contribution in [0.5, 0.6) is 5.75 Å². The molecule has 0 fully saturated rings. The van der Waals surface area contributed by atoms with Gasteiger partial charge in [-0.05, 0) is 37.1 Å². The van der Waals surface area contributed by atoms with Gasteiger partial charge in [0.25, 0.3) is 0 Å². The van der Waals surface area contributed by atoms with Gasteiger partial charge in [0.2, 0.25) is 11.8 Å². The molecular weight excluding hydrogens is 390 g/mol.